The highest BCUT2D eigenvalue weighted by Gasteiger charge is 2.38. The first-order valence-corrected chi connectivity index (χ1v) is 8.64. The van der Waals surface area contributed by atoms with Gasteiger partial charge in [0.15, 0.2) is 0 Å². The molecular formula is C8H12N2O5S3. The molecule has 10 heteroatoms. The van der Waals surface area contributed by atoms with Crippen molar-refractivity contribution in [3.8, 4) is 0 Å². The lowest BCUT2D eigenvalue weighted by Crippen LogP contribution is -2.36. The van der Waals surface area contributed by atoms with Crippen LogP contribution in [0.1, 0.15) is 11.7 Å². The second kappa shape index (κ2) is 4.25. The van der Waals surface area contributed by atoms with E-state index in [-0.39, 0.29) is 15.0 Å². The van der Waals surface area contributed by atoms with Crippen LogP contribution >= 0.6 is 11.3 Å². The van der Waals surface area contributed by atoms with Gasteiger partial charge in [-0.1, -0.05) is 0 Å². The van der Waals surface area contributed by atoms with Crippen molar-refractivity contribution < 1.29 is 21.6 Å². The maximum Gasteiger partial charge on any atom is 0.252 e. The fraction of sp³-hybridized carbons (Fsp3) is 0.500. The van der Waals surface area contributed by atoms with Gasteiger partial charge in [0.25, 0.3) is 10.0 Å². The average molecular weight is 312 g/mol. The number of nitrogens with two attached hydrogens (primary N) is 1. The molecule has 1 aromatic rings. The number of primary sulfonamides is 1. The van der Waals surface area contributed by atoms with Crippen molar-refractivity contribution in [3.05, 3.63) is 11.6 Å². The van der Waals surface area contributed by atoms with Crippen LogP contribution in [0, 0.1) is 0 Å². The molecule has 0 aliphatic carbocycles. The Morgan fingerprint density at radius 3 is 2.67 bits per heavy atom. The summed E-state index contributed by atoms with van der Waals surface area (Å²) < 4.78 is 52.8. The number of sulfonamides is 2. The minimum Gasteiger partial charge on any atom is -0.375 e. The Kier molecular flexibility index (Phi) is 3.28. The third kappa shape index (κ3) is 2.08. The SMILES string of the molecule is COC1CN(C)S(=O)(=O)c2sc(S(N)(=O)=O)cc21. The fourth-order valence-electron chi connectivity index (χ4n) is 1.70. The molecule has 0 amide bonds. The highest BCUT2D eigenvalue weighted by molar-refractivity contribution is 7.94. The molecule has 102 valence electrons. The van der Waals surface area contributed by atoms with Gasteiger partial charge in [-0.25, -0.2) is 22.0 Å². The maximum absolute atomic E-state index is 12.1. The van der Waals surface area contributed by atoms with Crippen molar-refractivity contribution >= 4 is 31.4 Å². The van der Waals surface area contributed by atoms with Crippen LogP contribution in [0.2, 0.25) is 0 Å². The zero-order valence-corrected chi connectivity index (χ0v) is 12.1. The van der Waals surface area contributed by atoms with Gasteiger partial charge >= 0.3 is 0 Å². The molecule has 0 fully saturated rings. The molecule has 0 radical (unpaired) electrons. The zero-order chi connectivity index (χ0) is 13.7. The first-order chi connectivity index (χ1) is 8.17. The molecule has 18 heavy (non-hydrogen) atoms. The van der Waals surface area contributed by atoms with E-state index in [0.717, 1.165) is 4.31 Å². The third-order valence-electron chi connectivity index (χ3n) is 2.68. The molecule has 1 aliphatic heterocycles. The minimum atomic E-state index is -3.92. The summed E-state index contributed by atoms with van der Waals surface area (Å²) in [6, 6.07) is 1.27. The van der Waals surface area contributed by atoms with Crippen LogP contribution < -0.4 is 5.14 Å². The van der Waals surface area contributed by atoms with Gasteiger partial charge in [-0.05, 0) is 6.07 Å². The highest BCUT2D eigenvalue weighted by atomic mass is 32.3. The van der Waals surface area contributed by atoms with Crippen LogP contribution in [0.3, 0.4) is 0 Å². The molecule has 0 bridgehead atoms. The molecule has 2 rings (SSSR count). The van der Waals surface area contributed by atoms with E-state index < -0.39 is 26.2 Å². The van der Waals surface area contributed by atoms with E-state index in [9.17, 15) is 16.8 Å². The van der Waals surface area contributed by atoms with Crippen molar-refractivity contribution in [2.45, 2.75) is 14.5 Å². The fourth-order valence-corrected chi connectivity index (χ4v) is 5.72. The van der Waals surface area contributed by atoms with Crippen LogP contribution in [0.4, 0.5) is 0 Å². The number of thiophene rings is 1. The molecule has 1 unspecified atom stereocenters. The Bertz CT molecular complexity index is 676. The van der Waals surface area contributed by atoms with Crippen LogP contribution in [0.5, 0.6) is 0 Å². The van der Waals surface area contributed by atoms with E-state index in [1.54, 1.807) is 0 Å². The largest absolute Gasteiger partial charge is 0.375 e. The molecule has 2 heterocycles. The van der Waals surface area contributed by atoms with Crippen molar-refractivity contribution in [1.82, 2.24) is 4.31 Å². The summed E-state index contributed by atoms with van der Waals surface area (Å²) >= 11 is 0.649. The van der Waals surface area contributed by atoms with E-state index in [1.807, 2.05) is 0 Å². The lowest BCUT2D eigenvalue weighted by Gasteiger charge is -2.28. The molecule has 0 saturated carbocycles. The lowest BCUT2D eigenvalue weighted by atomic mass is 10.2. The maximum atomic E-state index is 12.1. The Hall–Kier alpha value is -0.520. The average Bonchev–Trinajstić information content (AvgIpc) is 2.69. The summed E-state index contributed by atoms with van der Waals surface area (Å²) in [5, 5.41) is 5.01. The number of nitrogens with zero attached hydrogens (tertiary/aromatic N) is 1. The summed E-state index contributed by atoms with van der Waals surface area (Å²) in [5.41, 5.74) is 0.352. The monoisotopic (exact) mass is 312 g/mol. The zero-order valence-electron chi connectivity index (χ0n) is 9.65. The van der Waals surface area contributed by atoms with E-state index in [2.05, 4.69) is 0 Å². The van der Waals surface area contributed by atoms with Gasteiger partial charge in [-0.2, -0.15) is 4.31 Å². The Morgan fingerprint density at radius 1 is 1.56 bits per heavy atom. The smallest absolute Gasteiger partial charge is 0.252 e. The van der Waals surface area contributed by atoms with E-state index in [4.69, 9.17) is 9.88 Å². The molecular weight excluding hydrogens is 300 g/mol. The Balaban J connectivity index is 2.71. The number of rotatable bonds is 2. The van der Waals surface area contributed by atoms with Crippen molar-refractivity contribution in [2.24, 2.45) is 5.14 Å². The van der Waals surface area contributed by atoms with Gasteiger partial charge in [0.2, 0.25) is 10.0 Å². The number of methoxy groups -OCH3 is 1. The number of fused-ring (bicyclic) bond motifs is 1. The molecule has 1 aromatic heterocycles. The molecule has 0 aromatic carbocycles. The second-order valence-electron chi connectivity index (χ2n) is 3.86. The Labute approximate surface area is 109 Å². The van der Waals surface area contributed by atoms with Crippen LogP contribution in [-0.2, 0) is 24.8 Å². The van der Waals surface area contributed by atoms with Crippen molar-refractivity contribution in [3.63, 3.8) is 0 Å². The van der Waals surface area contributed by atoms with Gasteiger partial charge in [-0.15, -0.1) is 11.3 Å². The lowest BCUT2D eigenvalue weighted by molar-refractivity contribution is 0.0834. The number of hydrogen-bond acceptors (Lipinski definition) is 6. The quantitative estimate of drug-likeness (QED) is 0.808. The van der Waals surface area contributed by atoms with E-state index in [0.29, 0.717) is 16.9 Å². The molecule has 1 aliphatic rings. The van der Waals surface area contributed by atoms with E-state index >= 15 is 0 Å². The van der Waals surface area contributed by atoms with Crippen LogP contribution in [0.15, 0.2) is 14.5 Å². The van der Waals surface area contributed by atoms with Gasteiger partial charge in [0.05, 0.1) is 6.10 Å². The topological polar surface area (TPSA) is 107 Å². The van der Waals surface area contributed by atoms with Crippen LogP contribution in [0.25, 0.3) is 0 Å². The first kappa shape index (κ1) is 13.9. The first-order valence-electron chi connectivity index (χ1n) is 4.83. The molecule has 1 atom stereocenters. The summed E-state index contributed by atoms with van der Waals surface area (Å²) in [4.78, 5) is 0. The predicted octanol–water partition coefficient (Wildman–Crippen LogP) is -0.283. The third-order valence-corrected chi connectivity index (χ3v) is 7.60. The number of ether oxygens (including phenoxy) is 1. The molecule has 2 N–H and O–H groups in total. The van der Waals surface area contributed by atoms with Crippen molar-refractivity contribution in [2.75, 3.05) is 20.7 Å². The van der Waals surface area contributed by atoms with Gasteiger partial charge in [0.1, 0.15) is 8.42 Å². The Morgan fingerprint density at radius 2 is 2.17 bits per heavy atom. The van der Waals surface area contributed by atoms with Crippen molar-refractivity contribution in [1.29, 1.82) is 0 Å². The van der Waals surface area contributed by atoms with Gasteiger partial charge in [0, 0.05) is 26.3 Å². The standard InChI is InChI=1S/C8H12N2O5S3/c1-10-4-6(15-2)5-3-7(17(9,11)12)16-8(5)18(10,13)14/h3,6H,4H2,1-2H3,(H2,9,11,12). The summed E-state index contributed by atoms with van der Waals surface area (Å²) in [7, 11) is -4.71. The minimum absolute atomic E-state index is 0.0212. The number of hydrogen-bond donors (Lipinski definition) is 1. The molecule has 0 spiro atoms. The summed E-state index contributed by atoms with van der Waals surface area (Å²) in [5.74, 6) is 0. The van der Waals surface area contributed by atoms with Crippen LogP contribution in [-0.4, -0.2) is 41.8 Å². The predicted molar refractivity (Wildman–Crippen MR) is 65.3 cm³/mol. The summed E-state index contributed by atoms with van der Waals surface area (Å²) in [6.45, 7) is 0.145. The van der Waals surface area contributed by atoms with E-state index in [1.165, 1.54) is 20.2 Å². The molecule has 7 nitrogen and oxygen atoms in total. The highest BCUT2D eigenvalue weighted by Crippen LogP contribution is 2.40. The number of likely N-dealkylation sites (N-methyl/N-ethyl adjacent to an activating group) is 1. The molecule has 0 saturated heterocycles. The van der Waals surface area contributed by atoms with Gasteiger partial charge < -0.3 is 4.74 Å². The second-order valence-corrected chi connectivity index (χ2v) is 8.94. The van der Waals surface area contributed by atoms with Gasteiger partial charge in [-0.3, -0.25) is 0 Å². The summed E-state index contributed by atoms with van der Waals surface area (Å²) in [6.07, 6.45) is -0.486. The normalized spacial score (nSPS) is 23.8.